The number of H-pyrrole nitrogens is 1. The monoisotopic (exact) mass is 372 g/mol. The number of hydrogen-bond acceptors (Lipinski definition) is 4. The number of nitrogens with one attached hydrogen (secondary N) is 1. The Morgan fingerprint density at radius 3 is 2.93 bits per heavy atom. The van der Waals surface area contributed by atoms with Crippen molar-refractivity contribution < 1.29 is 4.79 Å². The molecule has 1 atom stereocenters. The van der Waals surface area contributed by atoms with E-state index >= 15 is 0 Å². The van der Waals surface area contributed by atoms with Gasteiger partial charge in [0.2, 0.25) is 0 Å². The summed E-state index contributed by atoms with van der Waals surface area (Å²) in [6.45, 7) is 1.32. The van der Waals surface area contributed by atoms with E-state index < -0.39 is 0 Å². The SMILES string of the molecule is O=C(c1cc(Cn2cnc3ccccc32)[nH]n1)N1CCCC1c1ccccn1. The maximum Gasteiger partial charge on any atom is 0.274 e. The molecular weight excluding hydrogens is 352 g/mol. The number of hydrogen-bond donors (Lipinski definition) is 1. The summed E-state index contributed by atoms with van der Waals surface area (Å²) in [4.78, 5) is 23.8. The van der Waals surface area contributed by atoms with Crippen LogP contribution in [0.4, 0.5) is 0 Å². The molecule has 0 spiro atoms. The molecule has 1 aliphatic heterocycles. The van der Waals surface area contributed by atoms with E-state index in [1.165, 1.54) is 0 Å². The quantitative estimate of drug-likeness (QED) is 0.597. The second-order valence-corrected chi connectivity index (χ2v) is 7.05. The van der Waals surface area contributed by atoms with E-state index in [0.717, 1.165) is 41.8 Å². The number of rotatable bonds is 4. The van der Waals surface area contributed by atoms with Crippen LogP contribution in [0.5, 0.6) is 0 Å². The van der Waals surface area contributed by atoms with E-state index in [1.807, 2.05) is 64.3 Å². The molecule has 1 aromatic carbocycles. The van der Waals surface area contributed by atoms with Gasteiger partial charge in [-0.2, -0.15) is 5.10 Å². The van der Waals surface area contributed by atoms with E-state index in [9.17, 15) is 4.79 Å². The van der Waals surface area contributed by atoms with Crippen molar-refractivity contribution >= 4 is 16.9 Å². The molecule has 1 saturated heterocycles. The summed E-state index contributed by atoms with van der Waals surface area (Å²) in [6.07, 6.45) is 5.50. The number of nitrogens with zero attached hydrogens (tertiary/aromatic N) is 5. The summed E-state index contributed by atoms with van der Waals surface area (Å²) in [5.74, 6) is -0.0499. The van der Waals surface area contributed by atoms with Crippen LogP contribution in [0.15, 0.2) is 61.1 Å². The molecule has 5 rings (SSSR count). The highest BCUT2D eigenvalue weighted by molar-refractivity contribution is 5.92. The first-order valence-electron chi connectivity index (χ1n) is 9.45. The van der Waals surface area contributed by atoms with Crippen LogP contribution in [0.1, 0.15) is 40.8 Å². The van der Waals surface area contributed by atoms with Crippen molar-refractivity contribution in [2.24, 2.45) is 0 Å². The fraction of sp³-hybridized carbons (Fsp3) is 0.238. The Labute approximate surface area is 162 Å². The predicted octanol–water partition coefficient (Wildman–Crippen LogP) is 3.18. The van der Waals surface area contributed by atoms with Crippen LogP contribution in [0, 0.1) is 0 Å². The number of imidazole rings is 1. The van der Waals surface area contributed by atoms with Gasteiger partial charge in [0.05, 0.1) is 41.3 Å². The summed E-state index contributed by atoms with van der Waals surface area (Å²) in [5.41, 5.74) is 4.27. The lowest BCUT2D eigenvalue weighted by Gasteiger charge is -2.23. The number of fused-ring (bicyclic) bond motifs is 1. The molecular formula is C21H20N6O. The van der Waals surface area contributed by atoms with Gasteiger partial charge >= 0.3 is 0 Å². The van der Waals surface area contributed by atoms with Crippen molar-refractivity contribution in [3.05, 3.63) is 78.1 Å². The Hall–Kier alpha value is -3.48. The largest absolute Gasteiger partial charge is 0.329 e. The predicted molar refractivity (Wildman–Crippen MR) is 105 cm³/mol. The van der Waals surface area contributed by atoms with Gasteiger partial charge in [-0.3, -0.25) is 14.9 Å². The first kappa shape index (κ1) is 16.7. The van der Waals surface area contributed by atoms with Crippen molar-refractivity contribution in [3.8, 4) is 0 Å². The van der Waals surface area contributed by atoms with Crippen LogP contribution < -0.4 is 0 Å². The smallest absolute Gasteiger partial charge is 0.274 e. The van der Waals surface area contributed by atoms with Gasteiger partial charge in [0.15, 0.2) is 0 Å². The molecule has 0 saturated carbocycles. The molecule has 1 N–H and O–H groups in total. The van der Waals surface area contributed by atoms with Crippen molar-refractivity contribution in [1.82, 2.24) is 29.6 Å². The molecule has 7 nitrogen and oxygen atoms in total. The summed E-state index contributed by atoms with van der Waals surface area (Å²) in [7, 11) is 0. The first-order chi connectivity index (χ1) is 13.8. The zero-order valence-electron chi connectivity index (χ0n) is 15.3. The minimum Gasteiger partial charge on any atom is -0.329 e. The lowest BCUT2D eigenvalue weighted by Crippen LogP contribution is -2.31. The molecule has 4 aromatic rings. The molecule has 28 heavy (non-hydrogen) atoms. The Morgan fingerprint density at radius 2 is 2.04 bits per heavy atom. The van der Waals surface area contributed by atoms with Crippen molar-refractivity contribution in [1.29, 1.82) is 0 Å². The summed E-state index contributed by atoms with van der Waals surface area (Å²) < 4.78 is 2.05. The molecule has 3 aromatic heterocycles. The summed E-state index contributed by atoms with van der Waals surface area (Å²) in [5, 5.41) is 7.29. The van der Waals surface area contributed by atoms with E-state index in [1.54, 1.807) is 6.20 Å². The molecule has 0 aliphatic carbocycles. The van der Waals surface area contributed by atoms with Crippen molar-refractivity contribution in [2.75, 3.05) is 6.54 Å². The average Bonchev–Trinajstić information content (AvgIpc) is 3.49. The second kappa shape index (κ2) is 6.92. The number of benzene rings is 1. The number of carbonyl (C=O) groups excluding carboxylic acids is 1. The zero-order chi connectivity index (χ0) is 18.9. The molecule has 7 heteroatoms. The van der Waals surface area contributed by atoms with Gasteiger partial charge in [-0.1, -0.05) is 18.2 Å². The Morgan fingerprint density at radius 1 is 1.14 bits per heavy atom. The van der Waals surface area contributed by atoms with Gasteiger partial charge in [0, 0.05) is 12.7 Å². The summed E-state index contributed by atoms with van der Waals surface area (Å²) >= 11 is 0. The van der Waals surface area contributed by atoms with E-state index in [0.29, 0.717) is 12.2 Å². The Bertz CT molecular complexity index is 1120. The van der Waals surface area contributed by atoms with Gasteiger partial charge in [0.25, 0.3) is 5.91 Å². The van der Waals surface area contributed by atoms with Crippen LogP contribution in [-0.4, -0.2) is 42.1 Å². The second-order valence-electron chi connectivity index (χ2n) is 7.05. The third-order valence-electron chi connectivity index (χ3n) is 5.26. The Kier molecular flexibility index (Phi) is 4.12. The lowest BCUT2D eigenvalue weighted by atomic mass is 10.1. The molecule has 0 radical (unpaired) electrons. The van der Waals surface area contributed by atoms with Gasteiger partial charge in [0.1, 0.15) is 5.69 Å². The van der Waals surface area contributed by atoms with Crippen molar-refractivity contribution in [3.63, 3.8) is 0 Å². The van der Waals surface area contributed by atoms with Crippen LogP contribution in [0.3, 0.4) is 0 Å². The van der Waals surface area contributed by atoms with E-state index in [-0.39, 0.29) is 11.9 Å². The molecule has 1 unspecified atom stereocenters. The van der Waals surface area contributed by atoms with Crippen LogP contribution in [-0.2, 0) is 6.54 Å². The molecule has 1 fully saturated rings. The van der Waals surface area contributed by atoms with Crippen LogP contribution in [0.25, 0.3) is 11.0 Å². The number of aromatic amines is 1. The topological polar surface area (TPSA) is 79.7 Å². The van der Waals surface area contributed by atoms with Gasteiger partial charge in [-0.05, 0) is 43.2 Å². The van der Waals surface area contributed by atoms with Gasteiger partial charge in [-0.15, -0.1) is 0 Å². The number of aromatic nitrogens is 5. The minimum atomic E-state index is -0.0499. The normalized spacial score (nSPS) is 16.7. The van der Waals surface area contributed by atoms with Crippen LogP contribution in [0.2, 0.25) is 0 Å². The van der Waals surface area contributed by atoms with Crippen molar-refractivity contribution in [2.45, 2.75) is 25.4 Å². The summed E-state index contributed by atoms with van der Waals surface area (Å²) in [6, 6.07) is 15.7. The van der Waals surface area contributed by atoms with Gasteiger partial charge in [-0.25, -0.2) is 4.98 Å². The fourth-order valence-electron chi connectivity index (χ4n) is 3.91. The number of para-hydroxylation sites is 2. The third-order valence-corrected chi connectivity index (χ3v) is 5.26. The molecule has 4 heterocycles. The zero-order valence-corrected chi connectivity index (χ0v) is 15.3. The standard InChI is InChI=1S/C21H20N6O/c28-21(27-11-5-9-20(27)17-7-3-4-10-22-17)18-12-15(24-25-18)13-26-14-23-16-6-1-2-8-19(16)26/h1-4,6-8,10,12,14,20H,5,9,11,13H2,(H,24,25). The highest BCUT2D eigenvalue weighted by Gasteiger charge is 2.32. The highest BCUT2D eigenvalue weighted by atomic mass is 16.2. The average molecular weight is 372 g/mol. The maximum absolute atomic E-state index is 13.1. The van der Waals surface area contributed by atoms with Crippen LogP contribution >= 0.6 is 0 Å². The number of amides is 1. The number of pyridine rings is 1. The fourth-order valence-corrected chi connectivity index (χ4v) is 3.91. The highest BCUT2D eigenvalue weighted by Crippen LogP contribution is 2.31. The third kappa shape index (κ3) is 2.94. The van der Waals surface area contributed by atoms with Gasteiger partial charge < -0.3 is 9.47 Å². The molecule has 1 amide bonds. The van der Waals surface area contributed by atoms with E-state index in [4.69, 9.17) is 0 Å². The molecule has 1 aliphatic rings. The Balaban J connectivity index is 1.36. The lowest BCUT2D eigenvalue weighted by molar-refractivity contribution is 0.0727. The number of likely N-dealkylation sites (tertiary alicyclic amines) is 1. The minimum absolute atomic E-state index is 0.0199. The molecule has 140 valence electrons. The maximum atomic E-state index is 13.1. The van der Waals surface area contributed by atoms with E-state index in [2.05, 4.69) is 20.2 Å². The first-order valence-corrected chi connectivity index (χ1v) is 9.45. The number of carbonyl (C=O) groups is 1. The molecule has 0 bridgehead atoms.